The molecular weight excluding hydrogens is 531 g/mol. The molecule has 1 aromatic carbocycles. The minimum atomic E-state index is -0.607. The standard InChI is InChI=1S/C25H31FN6O6S/c1-3-4-5-22(34)28-23-13-21(24(39-23)32(36)37)30-10-8-29(9-11-30)20-7-6-17(12-19(20)26)31-15-18(38-25(31)35)14-27-16(2)33/h6-7,12-13,18H,3-5,8-11,14-15H2,1-2H3,(H,27,33)(H,28,34). The van der Waals surface area contributed by atoms with E-state index in [9.17, 15) is 24.5 Å². The molecule has 2 fully saturated rings. The maximum atomic E-state index is 15.2. The summed E-state index contributed by atoms with van der Waals surface area (Å²) in [4.78, 5) is 51.7. The normalized spacial score (nSPS) is 17.3. The first kappa shape index (κ1) is 28.1. The number of nitro groups is 1. The van der Waals surface area contributed by atoms with E-state index in [2.05, 4.69) is 10.6 Å². The predicted octanol–water partition coefficient (Wildman–Crippen LogP) is 3.71. The molecule has 0 radical (unpaired) electrons. The van der Waals surface area contributed by atoms with Crippen LogP contribution < -0.4 is 25.3 Å². The number of hydrogen-bond acceptors (Lipinski definition) is 9. The van der Waals surface area contributed by atoms with E-state index in [0.717, 1.165) is 24.2 Å². The zero-order valence-corrected chi connectivity index (χ0v) is 22.6. The van der Waals surface area contributed by atoms with Crippen molar-refractivity contribution in [2.45, 2.75) is 39.2 Å². The second kappa shape index (κ2) is 12.3. The lowest BCUT2D eigenvalue weighted by Crippen LogP contribution is -2.46. The van der Waals surface area contributed by atoms with E-state index in [4.69, 9.17) is 4.74 Å². The first-order chi connectivity index (χ1) is 18.7. The lowest BCUT2D eigenvalue weighted by Gasteiger charge is -2.36. The van der Waals surface area contributed by atoms with Crippen LogP contribution in [-0.4, -0.2) is 68.2 Å². The Morgan fingerprint density at radius 2 is 1.87 bits per heavy atom. The van der Waals surface area contributed by atoms with Crippen LogP contribution in [-0.2, 0) is 14.3 Å². The van der Waals surface area contributed by atoms with Gasteiger partial charge in [-0.15, -0.1) is 0 Å². The Hall–Kier alpha value is -3.94. The molecule has 1 atom stereocenters. The fourth-order valence-corrected chi connectivity index (χ4v) is 5.44. The highest BCUT2D eigenvalue weighted by molar-refractivity contribution is 7.20. The molecule has 2 saturated heterocycles. The van der Waals surface area contributed by atoms with Crippen molar-refractivity contribution in [3.05, 3.63) is 40.2 Å². The van der Waals surface area contributed by atoms with Crippen molar-refractivity contribution in [3.63, 3.8) is 0 Å². The van der Waals surface area contributed by atoms with Crippen molar-refractivity contribution >= 4 is 56.3 Å². The van der Waals surface area contributed by atoms with Gasteiger partial charge in [-0.3, -0.25) is 24.6 Å². The summed E-state index contributed by atoms with van der Waals surface area (Å²) in [6, 6.07) is 6.16. The molecule has 3 heterocycles. The van der Waals surface area contributed by atoms with Gasteiger partial charge in [-0.2, -0.15) is 0 Å². The monoisotopic (exact) mass is 562 g/mol. The topological polar surface area (TPSA) is 137 Å². The van der Waals surface area contributed by atoms with Crippen LogP contribution in [0.2, 0.25) is 0 Å². The lowest BCUT2D eigenvalue weighted by atomic mass is 10.2. The third-order valence-corrected chi connectivity index (χ3v) is 7.53. The summed E-state index contributed by atoms with van der Waals surface area (Å²) < 4.78 is 20.4. The third-order valence-electron chi connectivity index (χ3n) is 6.54. The largest absolute Gasteiger partial charge is 0.442 e. The van der Waals surface area contributed by atoms with Gasteiger partial charge < -0.3 is 25.2 Å². The summed E-state index contributed by atoms with van der Waals surface area (Å²) in [6.07, 6.45) is 0.847. The third kappa shape index (κ3) is 6.74. The fourth-order valence-electron chi connectivity index (χ4n) is 4.53. The van der Waals surface area contributed by atoms with Crippen LogP contribution >= 0.6 is 11.3 Å². The predicted molar refractivity (Wildman–Crippen MR) is 146 cm³/mol. The summed E-state index contributed by atoms with van der Waals surface area (Å²) in [6.45, 7) is 5.41. The molecule has 2 aromatic rings. The van der Waals surface area contributed by atoms with Gasteiger partial charge in [0.05, 0.1) is 29.4 Å². The molecule has 0 saturated carbocycles. The Morgan fingerprint density at radius 3 is 2.49 bits per heavy atom. The Labute approximate surface area is 228 Å². The average molecular weight is 563 g/mol. The molecule has 0 spiro atoms. The van der Waals surface area contributed by atoms with Crippen LogP contribution in [0.25, 0.3) is 0 Å². The van der Waals surface area contributed by atoms with Gasteiger partial charge in [0.15, 0.2) is 0 Å². The number of nitrogens with zero attached hydrogens (tertiary/aromatic N) is 4. The number of rotatable bonds is 10. The number of unbranched alkanes of at least 4 members (excludes halogenated alkanes) is 1. The Balaban J connectivity index is 1.39. The van der Waals surface area contributed by atoms with E-state index < -0.39 is 22.9 Å². The fraction of sp³-hybridized carbons (Fsp3) is 0.480. The number of amides is 3. The number of benzene rings is 1. The summed E-state index contributed by atoms with van der Waals surface area (Å²) in [7, 11) is 0. The molecular formula is C25H31FN6O6S. The van der Waals surface area contributed by atoms with Gasteiger partial charge in [0.1, 0.15) is 22.6 Å². The molecule has 0 aliphatic carbocycles. The van der Waals surface area contributed by atoms with E-state index >= 15 is 4.39 Å². The number of nitrogens with one attached hydrogen (secondary N) is 2. The second-order valence-electron chi connectivity index (χ2n) is 9.37. The molecule has 0 bridgehead atoms. The Morgan fingerprint density at radius 1 is 1.18 bits per heavy atom. The van der Waals surface area contributed by atoms with Gasteiger partial charge in [0.2, 0.25) is 11.8 Å². The molecule has 2 aliphatic heterocycles. The second-order valence-corrected chi connectivity index (χ2v) is 10.4. The van der Waals surface area contributed by atoms with Gasteiger partial charge in [0.25, 0.3) is 0 Å². The molecule has 14 heteroatoms. The highest BCUT2D eigenvalue weighted by Gasteiger charge is 2.33. The molecule has 210 valence electrons. The molecule has 4 rings (SSSR count). The number of cyclic esters (lactones) is 1. The smallest absolute Gasteiger partial charge is 0.414 e. The van der Waals surface area contributed by atoms with E-state index in [1.54, 1.807) is 18.2 Å². The van der Waals surface area contributed by atoms with Gasteiger partial charge in [0, 0.05) is 45.6 Å². The number of ether oxygens (including phenoxy) is 1. The van der Waals surface area contributed by atoms with Gasteiger partial charge in [-0.25, -0.2) is 9.18 Å². The van der Waals surface area contributed by atoms with Gasteiger partial charge in [-0.05, 0) is 36.0 Å². The summed E-state index contributed by atoms with van der Waals surface area (Å²) in [5.74, 6) is -0.908. The van der Waals surface area contributed by atoms with Gasteiger partial charge in [-0.1, -0.05) is 13.3 Å². The minimum absolute atomic E-state index is 0.0425. The van der Waals surface area contributed by atoms with E-state index in [1.807, 2.05) is 16.7 Å². The molecule has 39 heavy (non-hydrogen) atoms. The van der Waals surface area contributed by atoms with Crippen LogP contribution in [0.4, 0.5) is 36.2 Å². The maximum absolute atomic E-state index is 15.2. The van der Waals surface area contributed by atoms with Crippen molar-refractivity contribution in [1.82, 2.24) is 5.32 Å². The Bertz CT molecular complexity index is 1250. The number of anilines is 4. The quantitative estimate of drug-likeness (QED) is 0.330. The van der Waals surface area contributed by atoms with Crippen molar-refractivity contribution in [1.29, 1.82) is 0 Å². The van der Waals surface area contributed by atoms with Crippen LogP contribution in [0.15, 0.2) is 24.3 Å². The molecule has 12 nitrogen and oxygen atoms in total. The van der Waals surface area contributed by atoms with Crippen LogP contribution in [0.5, 0.6) is 0 Å². The van der Waals surface area contributed by atoms with Crippen molar-refractivity contribution in [3.8, 4) is 0 Å². The highest BCUT2D eigenvalue weighted by atomic mass is 32.1. The Kier molecular flexibility index (Phi) is 8.84. The van der Waals surface area contributed by atoms with E-state index in [1.165, 1.54) is 17.9 Å². The lowest BCUT2D eigenvalue weighted by molar-refractivity contribution is -0.379. The van der Waals surface area contributed by atoms with Crippen molar-refractivity contribution in [2.75, 3.05) is 59.3 Å². The molecule has 2 aliphatic rings. The average Bonchev–Trinajstić information content (AvgIpc) is 3.49. The summed E-state index contributed by atoms with van der Waals surface area (Å²) in [5.41, 5.74) is 1.16. The molecule has 2 N–H and O–H groups in total. The summed E-state index contributed by atoms with van der Waals surface area (Å²) >= 11 is 0.932. The van der Waals surface area contributed by atoms with E-state index in [0.29, 0.717) is 54.7 Å². The first-order valence-electron chi connectivity index (χ1n) is 12.8. The number of piperazine rings is 1. The SMILES string of the molecule is CCCCC(=O)Nc1cc(N2CCN(c3ccc(N4CC(CNC(C)=O)OC4=O)cc3F)CC2)c([N+](=O)[O-])s1. The molecule has 3 amide bonds. The van der Waals surface area contributed by atoms with E-state index in [-0.39, 0.29) is 29.9 Å². The number of hydrogen-bond donors (Lipinski definition) is 2. The van der Waals surface area contributed by atoms with Crippen LogP contribution in [0.3, 0.4) is 0 Å². The molecule has 1 unspecified atom stereocenters. The van der Waals surface area contributed by atoms with Crippen molar-refractivity contribution in [2.24, 2.45) is 0 Å². The first-order valence-corrected chi connectivity index (χ1v) is 13.6. The van der Waals surface area contributed by atoms with Gasteiger partial charge >= 0.3 is 11.1 Å². The maximum Gasteiger partial charge on any atom is 0.414 e. The molecule has 1 aromatic heterocycles. The zero-order valence-electron chi connectivity index (χ0n) is 21.8. The highest BCUT2D eigenvalue weighted by Crippen LogP contribution is 2.41. The number of carbonyl (C=O) groups is 3. The zero-order chi connectivity index (χ0) is 28.1. The number of halogens is 1. The van der Waals surface area contributed by atoms with Crippen molar-refractivity contribution < 1.29 is 28.4 Å². The number of carbonyl (C=O) groups excluding carboxylic acids is 3. The van der Waals surface area contributed by atoms with Crippen LogP contribution in [0.1, 0.15) is 33.1 Å². The summed E-state index contributed by atoms with van der Waals surface area (Å²) in [5, 5.41) is 17.4. The van der Waals surface area contributed by atoms with Crippen LogP contribution in [0, 0.1) is 15.9 Å². The minimum Gasteiger partial charge on any atom is -0.442 e. The number of thiophene rings is 1.